The van der Waals surface area contributed by atoms with Crippen LogP contribution in [0.3, 0.4) is 0 Å². The molecule has 1 saturated carbocycles. The summed E-state index contributed by atoms with van der Waals surface area (Å²) < 4.78 is 6.95. The Kier molecular flexibility index (Phi) is 8.58. The summed E-state index contributed by atoms with van der Waals surface area (Å²) in [5.74, 6) is 1.33. The number of hydrogen-bond acceptors (Lipinski definition) is 5. The molecule has 1 atom stereocenters. The Morgan fingerprint density at radius 1 is 1.06 bits per heavy atom. The molecule has 2 heterocycles. The van der Waals surface area contributed by atoms with E-state index in [4.69, 9.17) is 14.3 Å². The summed E-state index contributed by atoms with van der Waals surface area (Å²) in [6, 6.07) is 16.0. The van der Waals surface area contributed by atoms with E-state index in [0.29, 0.717) is 16.9 Å². The number of aliphatic hydroxyl groups is 1. The molecule has 1 unspecified atom stereocenters. The van der Waals surface area contributed by atoms with E-state index in [1.807, 2.05) is 49.4 Å². The van der Waals surface area contributed by atoms with Gasteiger partial charge in [0.05, 0.1) is 26.0 Å². The van der Waals surface area contributed by atoms with Crippen molar-refractivity contribution >= 4 is 6.47 Å². The Bertz CT molecular complexity index is 1040. The third-order valence-corrected chi connectivity index (χ3v) is 6.41. The first-order chi connectivity index (χ1) is 16.3. The second-order valence-electron chi connectivity index (χ2n) is 9.73. The largest absolute Gasteiger partial charge is 0.483 e. The second-order valence-corrected chi connectivity index (χ2v) is 9.73. The molecule has 1 aliphatic rings. The van der Waals surface area contributed by atoms with Crippen LogP contribution in [0, 0.1) is 12.8 Å². The van der Waals surface area contributed by atoms with Gasteiger partial charge in [0, 0.05) is 11.6 Å². The molecule has 0 amide bonds. The number of rotatable bonds is 7. The number of carboxylic acid groups (broad SMARTS) is 1. The Morgan fingerprint density at radius 3 is 2.38 bits per heavy atom. The first-order valence-electron chi connectivity index (χ1n) is 11.8. The SMILES string of the molecule is Cc1cccc(C[N+](C)(C)Cc2cnc(C(O)(c3ccccc3)C3CCCCC3)o2)n1.O=CO. The molecule has 2 aromatic heterocycles. The van der Waals surface area contributed by atoms with Crippen molar-refractivity contribution in [1.82, 2.24) is 9.97 Å². The standard InChI is InChI=1S/C26H34N3O2.CH2O2/c1-20-11-10-16-23(28-20)18-29(2,3)19-24-17-27-25(31-24)26(30,21-12-6-4-7-13-21)22-14-8-5-9-15-22;2-1-3/h4,6-7,10-13,16-17,22,30H,5,8-9,14-15,18-19H2,1-3H3;1H,(H,2,3)/q+1;. The number of oxazole rings is 1. The summed E-state index contributed by atoms with van der Waals surface area (Å²) in [4.78, 5) is 17.6. The summed E-state index contributed by atoms with van der Waals surface area (Å²) in [6.45, 7) is 3.24. The smallest absolute Gasteiger partial charge is 0.290 e. The van der Waals surface area contributed by atoms with Gasteiger partial charge in [-0.2, -0.15) is 0 Å². The van der Waals surface area contributed by atoms with Gasteiger partial charge in [0.2, 0.25) is 5.89 Å². The molecule has 1 aliphatic carbocycles. The van der Waals surface area contributed by atoms with Crippen LogP contribution in [0.5, 0.6) is 0 Å². The van der Waals surface area contributed by atoms with Crippen LogP contribution in [0.4, 0.5) is 0 Å². The maximum absolute atomic E-state index is 12.0. The van der Waals surface area contributed by atoms with Crippen LogP contribution < -0.4 is 0 Å². The van der Waals surface area contributed by atoms with E-state index in [1.54, 1.807) is 6.20 Å². The zero-order valence-corrected chi connectivity index (χ0v) is 20.4. The minimum absolute atomic E-state index is 0.120. The number of hydrogen-bond donors (Lipinski definition) is 2. The summed E-state index contributed by atoms with van der Waals surface area (Å²) in [5.41, 5.74) is 1.77. The minimum atomic E-state index is -1.19. The van der Waals surface area contributed by atoms with Crippen LogP contribution in [-0.4, -0.2) is 45.2 Å². The number of carbonyl (C=O) groups is 1. The molecule has 7 heteroatoms. The molecule has 0 spiro atoms. The number of aromatic nitrogens is 2. The van der Waals surface area contributed by atoms with Crippen LogP contribution in [0.25, 0.3) is 0 Å². The maximum Gasteiger partial charge on any atom is 0.290 e. The molecule has 182 valence electrons. The quantitative estimate of drug-likeness (QED) is 0.388. The monoisotopic (exact) mass is 466 g/mol. The lowest BCUT2D eigenvalue weighted by Crippen LogP contribution is -2.38. The van der Waals surface area contributed by atoms with E-state index in [9.17, 15) is 5.11 Å². The number of benzene rings is 1. The lowest BCUT2D eigenvalue weighted by molar-refractivity contribution is -0.918. The third kappa shape index (κ3) is 6.30. The highest BCUT2D eigenvalue weighted by Gasteiger charge is 2.44. The molecular formula is C27H36N3O4+. The van der Waals surface area contributed by atoms with Crippen LogP contribution >= 0.6 is 0 Å². The van der Waals surface area contributed by atoms with Crippen LogP contribution in [0.15, 0.2) is 59.1 Å². The first kappa shape index (κ1) is 25.6. The summed E-state index contributed by atoms with van der Waals surface area (Å²) in [6.07, 6.45) is 7.28. The van der Waals surface area contributed by atoms with Crippen molar-refractivity contribution in [3.8, 4) is 0 Å². The zero-order valence-electron chi connectivity index (χ0n) is 20.4. The van der Waals surface area contributed by atoms with Crippen molar-refractivity contribution in [3.63, 3.8) is 0 Å². The van der Waals surface area contributed by atoms with E-state index < -0.39 is 5.60 Å². The van der Waals surface area contributed by atoms with Crippen LogP contribution in [0.2, 0.25) is 0 Å². The summed E-state index contributed by atoms with van der Waals surface area (Å²) >= 11 is 0. The van der Waals surface area contributed by atoms with Gasteiger partial charge in [0.1, 0.15) is 13.1 Å². The normalized spacial score (nSPS) is 16.2. The van der Waals surface area contributed by atoms with Crippen molar-refractivity contribution < 1.29 is 23.9 Å². The van der Waals surface area contributed by atoms with Gasteiger partial charge >= 0.3 is 0 Å². The summed E-state index contributed by atoms with van der Waals surface area (Å²) in [5, 5.41) is 18.9. The van der Waals surface area contributed by atoms with Gasteiger partial charge in [-0.15, -0.1) is 0 Å². The van der Waals surface area contributed by atoms with E-state index in [2.05, 4.69) is 30.1 Å². The molecule has 34 heavy (non-hydrogen) atoms. The predicted molar refractivity (Wildman–Crippen MR) is 130 cm³/mol. The Hall–Kier alpha value is -3.03. The molecule has 2 N–H and O–H groups in total. The number of aryl methyl sites for hydroxylation is 1. The van der Waals surface area contributed by atoms with Gasteiger partial charge in [0.25, 0.3) is 6.47 Å². The third-order valence-electron chi connectivity index (χ3n) is 6.41. The topological polar surface area (TPSA) is 96.5 Å². The average Bonchev–Trinajstić information content (AvgIpc) is 3.28. The fraction of sp³-hybridized carbons (Fsp3) is 0.444. The highest BCUT2D eigenvalue weighted by molar-refractivity contribution is 5.32. The first-order valence-corrected chi connectivity index (χ1v) is 11.8. The van der Waals surface area contributed by atoms with Crippen molar-refractivity contribution in [2.75, 3.05) is 14.1 Å². The van der Waals surface area contributed by atoms with E-state index in [1.165, 1.54) is 6.42 Å². The lowest BCUT2D eigenvalue weighted by Gasteiger charge is -2.36. The van der Waals surface area contributed by atoms with Crippen molar-refractivity contribution in [1.29, 1.82) is 0 Å². The molecule has 0 radical (unpaired) electrons. The molecule has 1 aromatic carbocycles. The fourth-order valence-electron chi connectivity index (χ4n) is 4.91. The molecule has 0 saturated heterocycles. The maximum atomic E-state index is 12.0. The summed E-state index contributed by atoms with van der Waals surface area (Å²) in [7, 11) is 4.33. The lowest BCUT2D eigenvalue weighted by atomic mass is 9.73. The molecule has 0 bridgehead atoms. The van der Waals surface area contributed by atoms with Gasteiger partial charge < -0.3 is 19.1 Å². The minimum Gasteiger partial charge on any atom is -0.483 e. The van der Waals surface area contributed by atoms with Gasteiger partial charge in [0.15, 0.2) is 11.4 Å². The molecule has 3 aromatic rings. The predicted octanol–water partition coefficient (Wildman–Crippen LogP) is 4.67. The molecular weight excluding hydrogens is 430 g/mol. The Labute approximate surface area is 201 Å². The van der Waals surface area contributed by atoms with Gasteiger partial charge in [-0.1, -0.05) is 55.7 Å². The Balaban J connectivity index is 0.00000103. The van der Waals surface area contributed by atoms with Gasteiger partial charge in [-0.25, -0.2) is 4.98 Å². The van der Waals surface area contributed by atoms with E-state index in [0.717, 1.165) is 54.9 Å². The number of pyridine rings is 1. The second kappa shape index (κ2) is 11.4. The Morgan fingerprint density at radius 2 is 1.74 bits per heavy atom. The zero-order chi connectivity index (χ0) is 24.6. The number of nitrogens with zero attached hydrogens (tertiary/aromatic N) is 3. The molecule has 1 fully saturated rings. The van der Waals surface area contributed by atoms with Crippen molar-refractivity contribution in [2.45, 2.75) is 57.7 Å². The fourth-order valence-corrected chi connectivity index (χ4v) is 4.91. The van der Waals surface area contributed by atoms with E-state index >= 15 is 0 Å². The van der Waals surface area contributed by atoms with Crippen molar-refractivity contribution in [2.24, 2.45) is 5.92 Å². The van der Waals surface area contributed by atoms with E-state index in [-0.39, 0.29) is 12.4 Å². The van der Waals surface area contributed by atoms with Gasteiger partial charge in [-0.05, 0) is 37.5 Å². The van der Waals surface area contributed by atoms with Crippen LogP contribution in [0.1, 0.15) is 60.7 Å². The molecule has 7 nitrogen and oxygen atoms in total. The van der Waals surface area contributed by atoms with Gasteiger partial charge in [-0.3, -0.25) is 9.78 Å². The van der Waals surface area contributed by atoms with Crippen LogP contribution in [-0.2, 0) is 23.5 Å². The molecule has 0 aliphatic heterocycles. The number of quaternary nitrogens is 1. The highest BCUT2D eigenvalue weighted by Crippen LogP contribution is 2.43. The average molecular weight is 467 g/mol. The molecule has 4 rings (SSSR count). The highest BCUT2D eigenvalue weighted by atomic mass is 16.4. The van der Waals surface area contributed by atoms with Crippen molar-refractivity contribution in [3.05, 3.63) is 83.3 Å².